The molecule has 1 N–H and O–H groups in total. The van der Waals surface area contributed by atoms with E-state index in [4.69, 9.17) is 4.74 Å². The molecule has 2 aromatic heterocycles. The summed E-state index contributed by atoms with van der Waals surface area (Å²) in [6, 6.07) is 3.81. The van der Waals surface area contributed by atoms with Crippen molar-refractivity contribution in [1.29, 1.82) is 0 Å². The monoisotopic (exact) mass is 219 g/mol. The molecule has 1 aliphatic rings. The van der Waals surface area contributed by atoms with E-state index in [1.165, 1.54) is 0 Å². The molecule has 1 aliphatic heterocycles. The molecule has 0 fully saturated rings. The quantitative estimate of drug-likeness (QED) is 0.711. The van der Waals surface area contributed by atoms with Crippen molar-refractivity contribution in [3.63, 3.8) is 0 Å². The highest BCUT2D eigenvalue weighted by Crippen LogP contribution is 2.30. The molecular weight excluding hydrogens is 206 g/mol. The lowest BCUT2D eigenvalue weighted by atomic mass is 10.1. The lowest BCUT2D eigenvalue weighted by molar-refractivity contribution is -0.209. The van der Waals surface area contributed by atoms with E-state index in [-0.39, 0.29) is 0 Å². The minimum atomic E-state index is -1.30. The molecule has 3 rings (SSSR count). The van der Waals surface area contributed by atoms with E-state index in [0.29, 0.717) is 18.7 Å². The second-order valence-electron chi connectivity index (χ2n) is 4.23. The Bertz CT molecular complexity index is 560. The molecule has 0 spiro atoms. The molecule has 0 aromatic carbocycles. The van der Waals surface area contributed by atoms with Gasteiger partial charge >= 0.3 is 0 Å². The summed E-state index contributed by atoms with van der Waals surface area (Å²) in [7, 11) is 0. The number of aliphatic hydroxyl groups is 1. The lowest BCUT2D eigenvalue weighted by Crippen LogP contribution is -2.33. The van der Waals surface area contributed by atoms with Crippen LogP contribution in [0.4, 0.5) is 0 Å². The molecule has 1 atom stereocenters. The number of rotatable bonds is 0. The fourth-order valence-corrected chi connectivity index (χ4v) is 2.12. The summed E-state index contributed by atoms with van der Waals surface area (Å²) >= 11 is 0. The van der Waals surface area contributed by atoms with Gasteiger partial charge in [0.25, 0.3) is 0 Å². The van der Waals surface area contributed by atoms with Crippen LogP contribution < -0.4 is 0 Å². The molecule has 1 unspecified atom stereocenters. The average Bonchev–Trinajstić information content (AvgIpc) is 2.56. The highest BCUT2D eigenvalue weighted by atomic mass is 16.6. The number of hydrogen-bond donors (Lipinski definition) is 1. The van der Waals surface area contributed by atoms with Crippen molar-refractivity contribution in [2.75, 3.05) is 6.61 Å². The molecule has 0 radical (unpaired) electrons. The van der Waals surface area contributed by atoms with Gasteiger partial charge in [0, 0.05) is 6.42 Å². The number of ether oxygens (including phenoxy) is 1. The molecule has 0 saturated carbocycles. The molecule has 0 aliphatic carbocycles. The summed E-state index contributed by atoms with van der Waals surface area (Å²) in [5, 5.41) is 14.5. The zero-order chi connectivity index (χ0) is 11.3. The van der Waals surface area contributed by atoms with E-state index in [0.717, 1.165) is 17.0 Å². The van der Waals surface area contributed by atoms with Gasteiger partial charge in [-0.2, -0.15) is 5.10 Å². The Hall–Kier alpha value is -1.46. The van der Waals surface area contributed by atoms with E-state index in [9.17, 15) is 5.11 Å². The third kappa shape index (κ3) is 1.25. The highest BCUT2D eigenvalue weighted by Gasteiger charge is 2.35. The zero-order valence-corrected chi connectivity index (χ0v) is 9.27. The number of imidazole rings is 1. The zero-order valence-electron chi connectivity index (χ0n) is 9.27. The fraction of sp³-hybridized carbons (Fsp3) is 0.455. The Morgan fingerprint density at radius 2 is 2.31 bits per heavy atom. The van der Waals surface area contributed by atoms with Crippen molar-refractivity contribution >= 4 is 5.65 Å². The Labute approximate surface area is 92.7 Å². The summed E-state index contributed by atoms with van der Waals surface area (Å²) in [6.45, 7) is 4.02. The molecule has 5 nitrogen and oxygen atoms in total. The number of fused-ring (bicyclic) bond motifs is 3. The van der Waals surface area contributed by atoms with Crippen LogP contribution in [0.2, 0.25) is 0 Å². The maximum absolute atomic E-state index is 10.2. The van der Waals surface area contributed by atoms with Crippen molar-refractivity contribution in [2.45, 2.75) is 26.1 Å². The van der Waals surface area contributed by atoms with Crippen LogP contribution in [0.5, 0.6) is 0 Å². The largest absolute Gasteiger partial charge is 0.361 e. The number of aryl methyl sites for hydroxylation is 1. The number of aromatic nitrogens is 3. The molecule has 0 amide bonds. The first-order chi connectivity index (χ1) is 7.58. The van der Waals surface area contributed by atoms with Crippen molar-refractivity contribution in [3.8, 4) is 0 Å². The van der Waals surface area contributed by atoms with Crippen LogP contribution >= 0.6 is 0 Å². The Balaban J connectivity index is 2.37. The van der Waals surface area contributed by atoms with Crippen LogP contribution in [-0.4, -0.2) is 26.3 Å². The summed E-state index contributed by atoms with van der Waals surface area (Å²) in [5.74, 6) is -1.30. The smallest absolute Gasteiger partial charge is 0.208 e. The van der Waals surface area contributed by atoms with E-state index in [1.54, 1.807) is 11.4 Å². The molecule has 0 bridgehead atoms. The van der Waals surface area contributed by atoms with Gasteiger partial charge in [0.2, 0.25) is 5.79 Å². The summed E-state index contributed by atoms with van der Waals surface area (Å²) in [4.78, 5) is 4.45. The molecular formula is C11H13N3O2. The van der Waals surface area contributed by atoms with Gasteiger partial charge in [-0.25, -0.2) is 9.50 Å². The van der Waals surface area contributed by atoms with Gasteiger partial charge in [0.05, 0.1) is 18.0 Å². The molecule has 16 heavy (non-hydrogen) atoms. The van der Waals surface area contributed by atoms with Crippen molar-refractivity contribution in [3.05, 3.63) is 29.2 Å². The topological polar surface area (TPSA) is 59.7 Å². The predicted octanol–water partition coefficient (Wildman–Crippen LogP) is 0.775. The van der Waals surface area contributed by atoms with E-state index >= 15 is 0 Å². The summed E-state index contributed by atoms with van der Waals surface area (Å²) < 4.78 is 7.02. The molecule has 5 heteroatoms. The number of hydrogen-bond acceptors (Lipinski definition) is 4. The van der Waals surface area contributed by atoms with Gasteiger partial charge < -0.3 is 9.84 Å². The average molecular weight is 219 g/mol. The van der Waals surface area contributed by atoms with E-state index in [1.807, 2.05) is 19.1 Å². The van der Waals surface area contributed by atoms with Crippen LogP contribution in [0.15, 0.2) is 12.1 Å². The minimum Gasteiger partial charge on any atom is -0.361 e. The van der Waals surface area contributed by atoms with Gasteiger partial charge in [-0.05, 0) is 26.0 Å². The highest BCUT2D eigenvalue weighted by molar-refractivity contribution is 5.43. The molecule has 0 saturated heterocycles. The van der Waals surface area contributed by atoms with Crippen molar-refractivity contribution < 1.29 is 9.84 Å². The Kier molecular flexibility index (Phi) is 1.84. The van der Waals surface area contributed by atoms with Crippen LogP contribution in [0, 0.1) is 6.92 Å². The second kappa shape index (κ2) is 3.02. The van der Waals surface area contributed by atoms with E-state index in [2.05, 4.69) is 10.1 Å². The maximum Gasteiger partial charge on any atom is 0.208 e. The SMILES string of the molecule is Cc1ccc2nc3c(n2n1)C(C)(O)OCC3. The summed E-state index contributed by atoms with van der Waals surface area (Å²) in [5.41, 5.74) is 3.15. The van der Waals surface area contributed by atoms with Gasteiger partial charge in [0.1, 0.15) is 5.69 Å². The molecule has 3 heterocycles. The first kappa shape index (κ1) is 9.74. The lowest BCUT2D eigenvalue weighted by Gasteiger charge is -2.27. The van der Waals surface area contributed by atoms with Gasteiger partial charge in [-0.15, -0.1) is 0 Å². The fourth-order valence-electron chi connectivity index (χ4n) is 2.12. The van der Waals surface area contributed by atoms with Crippen molar-refractivity contribution in [1.82, 2.24) is 14.6 Å². The van der Waals surface area contributed by atoms with Crippen LogP contribution in [0.25, 0.3) is 5.65 Å². The van der Waals surface area contributed by atoms with E-state index < -0.39 is 5.79 Å². The first-order valence-corrected chi connectivity index (χ1v) is 5.30. The van der Waals surface area contributed by atoms with Gasteiger partial charge in [-0.3, -0.25) is 0 Å². The van der Waals surface area contributed by atoms with Crippen LogP contribution in [0.3, 0.4) is 0 Å². The maximum atomic E-state index is 10.2. The number of nitrogens with zero attached hydrogens (tertiary/aromatic N) is 3. The second-order valence-corrected chi connectivity index (χ2v) is 4.23. The minimum absolute atomic E-state index is 0.489. The predicted molar refractivity (Wildman–Crippen MR) is 57.0 cm³/mol. The van der Waals surface area contributed by atoms with Crippen LogP contribution in [0.1, 0.15) is 24.0 Å². The summed E-state index contributed by atoms with van der Waals surface area (Å²) in [6.07, 6.45) is 0.716. The normalized spacial score (nSPS) is 24.7. The van der Waals surface area contributed by atoms with Crippen molar-refractivity contribution in [2.24, 2.45) is 0 Å². The third-order valence-corrected chi connectivity index (χ3v) is 2.84. The Morgan fingerprint density at radius 3 is 3.12 bits per heavy atom. The Morgan fingerprint density at radius 1 is 1.50 bits per heavy atom. The standard InChI is InChI=1S/C11H13N3O2/c1-7-3-4-9-12-8-5-6-16-11(2,15)10(8)14(9)13-7/h3-4,15H,5-6H2,1-2H3. The van der Waals surface area contributed by atoms with Gasteiger partial charge in [-0.1, -0.05) is 0 Å². The van der Waals surface area contributed by atoms with Gasteiger partial charge in [0.15, 0.2) is 5.65 Å². The van der Waals surface area contributed by atoms with Crippen LogP contribution in [-0.2, 0) is 16.9 Å². The third-order valence-electron chi connectivity index (χ3n) is 2.84. The molecule has 84 valence electrons. The first-order valence-electron chi connectivity index (χ1n) is 5.30. The molecule has 2 aromatic rings.